The third-order valence-electron chi connectivity index (χ3n) is 3.94. The molecule has 2 atom stereocenters. The molecular formula is C17H18N2O4. The summed E-state index contributed by atoms with van der Waals surface area (Å²) in [5.41, 5.74) is 12.7. The van der Waals surface area contributed by atoms with Crippen molar-refractivity contribution >= 4 is 17.6 Å². The molecule has 0 saturated carbocycles. The van der Waals surface area contributed by atoms with Gasteiger partial charge in [0.25, 0.3) is 0 Å². The summed E-state index contributed by atoms with van der Waals surface area (Å²) < 4.78 is 0. The minimum absolute atomic E-state index is 0.107. The van der Waals surface area contributed by atoms with Crippen molar-refractivity contribution in [3.05, 3.63) is 58.4 Å². The van der Waals surface area contributed by atoms with Crippen LogP contribution in [0.25, 0.3) is 0 Å². The molecule has 0 spiro atoms. The molecule has 0 radical (unpaired) electrons. The number of ketones is 1. The highest BCUT2D eigenvalue weighted by Crippen LogP contribution is 2.30. The highest BCUT2D eigenvalue weighted by Gasteiger charge is 2.31. The van der Waals surface area contributed by atoms with E-state index < -0.39 is 23.7 Å². The van der Waals surface area contributed by atoms with Crippen molar-refractivity contribution in [1.29, 1.82) is 0 Å². The van der Waals surface area contributed by atoms with Crippen LogP contribution in [0.3, 0.4) is 0 Å². The van der Waals surface area contributed by atoms with Gasteiger partial charge in [-0.2, -0.15) is 0 Å². The molecule has 0 aromatic carbocycles. The van der Waals surface area contributed by atoms with E-state index in [0.29, 0.717) is 16.7 Å². The quantitative estimate of drug-likeness (QED) is 0.528. The lowest BCUT2D eigenvalue weighted by Gasteiger charge is -2.03. The molecule has 2 unspecified atom stereocenters. The third kappa shape index (κ3) is 3.01. The van der Waals surface area contributed by atoms with Crippen molar-refractivity contribution in [1.82, 2.24) is 0 Å². The summed E-state index contributed by atoms with van der Waals surface area (Å²) in [6, 6.07) is 0. The van der Waals surface area contributed by atoms with Gasteiger partial charge < -0.3 is 16.6 Å². The lowest BCUT2D eigenvalue weighted by Crippen LogP contribution is -2.26. The van der Waals surface area contributed by atoms with Crippen LogP contribution in [0.4, 0.5) is 0 Å². The summed E-state index contributed by atoms with van der Waals surface area (Å²) in [5, 5.41) is 10.0. The number of nitrogens with two attached hydrogens (primary N) is 2. The van der Waals surface area contributed by atoms with Crippen LogP contribution in [-0.2, 0) is 14.4 Å². The van der Waals surface area contributed by atoms with Crippen molar-refractivity contribution in [3.8, 4) is 0 Å². The number of hydrogen-bond acceptors (Lipinski definition) is 4. The fourth-order valence-electron chi connectivity index (χ4n) is 2.66. The molecule has 2 amide bonds. The van der Waals surface area contributed by atoms with Gasteiger partial charge in [0.15, 0.2) is 5.78 Å². The van der Waals surface area contributed by atoms with E-state index in [4.69, 9.17) is 11.5 Å². The van der Waals surface area contributed by atoms with E-state index in [0.717, 1.165) is 5.57 Å². The molecule has 2 rings (SSSR count). The number of carbonyl (C=O) groups excluding carboxylic acids is 3. The van der Waals surface area contributed by atoms with Crippen LogP contribution in [0.5, 0.6) is 0 Å². The van der Waals surface area contributed by atoms with E-state index >= 15 is 0 Å². The fraction of sp³-hybridized carbons (Fsp3) is 0.235. The lowest BCUT2D eigenvalue weighted by atomic mass is 10.0. The summed E-state index contributed by atoms with van der Waals surface area (Å²) in [7, 11) is 0. The number of allylic oxidation sites excluding steroid dienone is 7. The Morgan fingerprint density at radius 3 is 2.13 bits per heavy atom. The van der Waals surface area contributed by atoms with Gasteiger partial charge in [-0.25, -0.2) is 0 Å². The molecule has 0 aliphatic heterocycles. The Hall–Kier alpha value is -2.89. The standard InChI is InChI=1S/C17H18N2O4/c1-8-6-12(16(18)22)14(20)10(8)4-3-5-11-9(2)7-13(15(11)21)17(19)23/h3-7,12-13,20H,1-2H3,(H2,18,22)(H2,19,23)/b4-3+,11-5+. The van der Waals surface area contributed by atoms with Crippen LogP contribution in [0, 0.1) is 11.8 Å². The van der Waals surface area contributed by atoms with E-state index in [1.54, 1.807) is 38.2 Å². The number of aliphatic hydroxyl groups excluding tert-OH is 1. The molecule has 23 heavy (non-hydrogen) atoms. The summed E-state index contributed by atoms with van der Waals surface area (Å²) in [6.07, 6.45) is 7.85. The first kappa shape index (κ1) is 16.5. The average molecular weight is 314 g/mol. The van der Waals surface area contributed by atoms with Crippen LogP contribution in [0.15, 0.2) is 58.4 Å². The molecule has 5 N–H and O–H groups in total. The Morgan fingerprint density at radius 2 is 1.65 bits per heavy atom. The number of aliphatic hydroxyl groups is 1. The molecule has 0 heterocycles. The molecule has 6 heteroatoms. The summed E-state index contributed by atoms with van der Waals surface area (Å²) in [6.45, 7) is 3.47. The fourth-order valence-corrected chi connectivity index (χ4v) is 2.66. The molecule has 6 nitrogen and oxygen atoms in total. The molecule has 2 aliphatic rings. The number of primary amides is 2. The lowest BCUT2D eigenvalue weighted by molar-refractivity contribution is -0.127. The number of hydrogen-bond donors (Lipinski definition) is 3. The van der Waals surface area contributed by atoms with E-state index in [1.807, 2.05) is 0 Å². The van der Waals surface area contributed by atoms with E-state index in [2.05, 4.69) is 0 Å². The zero-order chi connectivity index (χ0) is 17.3. The minimum Gasteiger partial charge on any atom is -0.510 e. The molecule has 0 fully saturated rings. The van der Waals surface area contributed by atoms with Crippen molar-refractivity contribution in [2.24, 2.45) is 23.3 Å². The van der Waals surface area contributed by atoms with Gasteiger partial charge in [-0.15, -0.1) is 0 Å². The highest BCUT2D eigenvalue weighted by molar-refractivity contribution is 6.16. The Morgan fingerprint density at radius 1 is 1.09 bits per heavy atom. The maximum atomic E-state index is 12.1. The second-order valence-corrected chi connectivity index (χ2v) is 5.56. The highest BCUT2D eigenvalue weighted by atomic mass is 16.3. The Balaban J connectivity index is 2.24. The second-order valence-electron chi connectivity index (χ2n) is 5.56. The largest absolute Gasteiger partial charge is 0.510 e. The number of carbonyl (C=O) groups is 3. The molecular weight excluding hydrogens is 296 g/mol. The molecule has 0 bridgehead atoms. The predicted octanol–water partition coefficient (Wildman–Crippen LogP) is 0.973. The van der Waals surface area contributed by atoms with Gasteiger partial charge in [0.05, 0.1) is 0 Å². The van der Waals surface area contributed by atoms with Crippen molar-refractivity contribution in [2.75, 3.05) is 0 Å². The molecule has 120 valence electrons. The predicted molar refractivity (Wildman–Crippen MR) is 84.8 cm³/mol. The minimum atomic E-state index is -0.922. The van der Waals surface area contributed by atoms with Gasteiger partial charge in [0.1, 0.15) is 17.6 Å². The first-order chi connectivity index (χ1) is 10.7. The topological polar surface area (TPSA) is 123 Å². The SMILES string of the molecule is CC1=CC(C(N)=O)C(O)=C1/C=C/C=C1/C(=O)C(C(N)=O)C=C1C. The van der Waals surface area contributed by atoms with Gasteiger partial charge in [-0.1, -0.05) is 30.4 Å². The molecule has 0 aromatic rings. The van der Waals surface area contributed by atoms with Crippen LogP contribution in [0.2, 0.25) is 0 Å². The number of amides is 2. The monoisotopic (exact) mass is 314 g/mol. The smallest absolute Gasteiger partial charge is 0.232 e. The van der Waals surface area contributed by atoms with Crippen LogP contribution in [-0.4, -0.2) is 22.7 Å². The number of Topliss-reactive ketones (excluding diaryl/α,β-unsaturated/α-hetero) is 1. The summed E-state index contributed by atoms with van der Waals surface area (Å²) in [4.78, 5) is 34.5. The second kappa shape index (κ2) is 6.08. The van der Waals surface area contributed by atoms with Crippen LogP contribution in [0.1, 0.15) is 13.8 Å². The normalized spacial score (nSPS) is 26.2. The first-order valence-corrected chi connectivity index (χ1v) is 7.06. The number of rotatable bonds is 4. The first-order valence-electron chi connectivity index (χ1n) is 7.06. The Bertz CT molecular complexity index is 751. The van der Waals surface area contributed by atoms with Crippen molar-refractivity contribution < 1.29 is 19.5 Å². The van der Waals surface area contributed by atoms with E-state index in [-0.39, 0.29) is 11.5 Å². The van der Waals surface area contributed by atoms with E-state index in [9.17, 15) is 19.5 Å². The Kier molecular flexibility index (Phi) is 4.36. The average Bonchev–Trinajstić information content (AvgIpc) is 2.90. The van der Waals surface area contributed by atoms with Gasteiger partial charge in [0.2, 0.25) is 11.8 Å². The molecule has 0 aromatic heterocycles. The van der Waals surface area contributed by atoms with Crippen LogP contribution < -0.4 is 11.5 Å². The summed E-state index contributed by atoms with van der Waals surface area (Å²) >= 11 is 0. The van der Waals surface area contributed by atoms with Gasteiger partial charge in [-0.3, -0.25) is 14.4 Å². The van der Waals surface area contributed by atoms with E-state index in [1.165, 1.54) is 6.08 Å². The zero-order valence-corrected chi connectivity index (χ0v) is 12.9. The van der Waals surface area contributed by atoms with Crippen LogP contribution >= 0.6 is 0 Å². The molecule has 0 saturated heterocycles. The molecule has 2 aliphatic carbocycles. The van der Waals surface area contributed by atoms with Crippen molar-refractivity contribution in [3.63, 3.8) is 0 Å². The van der Waals surface area contributed by atoms with Gasteiger partial charge in [0, 0.05) is 11.1 Å². The maximum Gasteiger partial charge on any atom is 0.232 e. The Labute approximate surface area is 133 Å². The van der Waals surface area contributed by atoms with Gasteiger partial charge in [-0.05, 0) is 25.0 Å². The van der Waals surface area contributed by atoms with Crippen molar-refractivity contribution in [2.45, 2.75) is 13.8 Å². The van der Waals surface area contributed by atoms with Gasteiger partial charge >= 0.3 is 0 Å². The summed E-state index contributed by atoms with van der Waals surface area (Å²) in [5.74, 6) is -3.50. The maximum absolute atomic E-state index is 12.1. The third-order valence-corrected chi connectivity index (χ3v) is 3.94. The zero-order valence-electron chi connectivity index (χ0n) is 12.9.